The van der Waals surface area contributed by atoms with Crippen molar-refractivity contribution in [2.45, 2.75) is 18.4 Å². The summed E-state index contributed by atoms with van der Waals surface area (Å²) in [6.07, 6.45) is 4.97. The molecule has 3 rings (SSSR count). The van der Waals surface area contributed by atoms with Crippen LogP contribution in [0.4, 0.5) is 5.69 Å². The lowest BCUT2D eigenvalue weighted by molar-refractivity contribution is -0.126. The molecule has 5 nitrogen and oxygen atoms in total. The fourth-order valence-electron chi connectivity index (χ4n) is 2.74. The quantitative estimate of drug-likeness (QED) is 0.902. The minimum Gasteiger partial charge on any atom is -0.324 e. The van der Waals surface area contributed by atoms with Crippen molar-refractivity contribution in [1.82, 2.24) is 15.1 Å². The lowest BCUT2D eigenvalue weighted by Gasteiger charge is -2.36. The number of hydrogen-bond acceptors (Lipinski definition) is 3. The molecule has 118 valence electrons. The minimum atomic E-state index is -0.642. The third-order valence-electron chi connectivity index (χ3n) is 3.88. The first-order valence-corrected chi connectivity index (χ1v) is 7.36. The van der Waals surface area contributed by atoms with E-state index >= 15 is 0 Å². The second-order valence-electron chi connectivity index (χ2n) is 5.20. The molecule has 0 aliphatic carbocycles. The van der Waals surface area contributed by atoms with Crippen molar-refractivity contribution < 1.29 is 4.79 Å². The zero-order chi connectivity index (χ0) is 14.7. The summed E-state index contributed by atoms with van der Waals surface area (Å²) in [4.78, 5) is 12.9. The Bertz CT molecular complexity index is 624. The van der Waals surface area contributed by atoms with Crippen molar-refractivity contribution in [2.75, 3.05) is 18.4 Å². The molecule has 1 aromatic carbocycles. The number of piperidine rings is 1. The number of nitrogens with zero attached hydrogens (tertiary/aromatic N) is 2. The number of carbonyl (C=O) groups is 1. The molecule has 22 heavy (non-hydrogen) atoms. The molecule has 0 bridgehead atoms. The van der Waals surface area contributed by atoms with Crippen LogP contribution in [0, 0.1) is 0 Å². The average Bonchev–Trinajstić information content (AvgIpc) is 3.02. The van der Waals surface area contributed by atoms with Gasteiger partial charge in [0.2, 0.25) is 0 Å². The minimum absolute atomic E-state index is 0. The van der Waals surface area contributed by atoms with Gasteiger partial charge in [-0.1, -0.05) is 17.7 Å². The first kappa shape index (κ1) is 16.8. The maximum absolute atomic E-state index is 12.9. The van der Waals surface area contributed by atoms with Crippen LogP contribution in [0.5, 0.6) is 0 Å². The highest BCUT2D eigenvalue weighted by Gasteiger charge is 2.41. The lowest BCUT2D eigenvalue weighted by atomic mass is 9.87. The number of benzene rings is 1. The molecule has 1 saturated heterocycles. The molecular formula is C15H18Cl2N4O. The standard InChI is InChI=1S/C15H17ClN4O.ClH/c16-12-3-1-4-13(11-12)19-14(21)15(5-8-17-9-6-15)20-10-2-7-18-20;/h1-4,7,10-11,17H,5-6,8-9H2,(H,19,21);1H. The molecule has 7 heteroatoms. The zero-order valence-corrected chi connectivity index (χ0v) is 13.5. The highest BCUT2D eigenvalue weighted by atomic mass is 35.5. The third-order valence-corrected chi connectivity index (χ3v) is 4.11. The van der Waals surface area contributed by atoms with Gasteiger partial charge in [-0.3, -0.25) is 9.48 Å². The summed E-state index contributed by atoms with van der Waals surface area (Å²) in [6, 6.07) is 9.03. The van der Waals surface area contributed by atoms with Crippen LogP contribution in [0.15, 0.2) is 42.7 Å². The van der Waals surface area contributed by atoms with Crippen molar-refractivity contribution in [3.8, 4) is 0 Å². The summed E-state index contributed by atoms with van der Waals surface area (Å²) in [5.74, 6) is -0.0463. The second-order valence-corrected chi connectivity index (χ2v) is 5.63. The van der Waals surface area contributed by atoms with Gasteiger partial charge in [0.25, 0.3) is 5.91 Å². The van der Waals surface area contributed by atoms with Gasteiger partial charge in [0.1, 0.15) is 5.54 Å². The Morgan fingerprint density at radius 1 is 1.32 bits per heavy atom. The molecule has 0 atom stereocenters. The molecule has 1 aliphatic rings. The van der Waals surface area contributed by atoms with Crippen LogP contribution in [0.25, 0.3) is 0 Å². The highest BCUT2D eigenvalue weighted by molar-refractivity contribution is 6.30. The number of anilines is 1. The first-order valence-electron chi connectivity index (χ1n) is 6.99. The molecule has 1 amide bonds. The van der Waals surface area contributed by atoms with Crippen molar-refractivity contribution in [1.29, 1.82) is 0 Å². The van der Waals surface area contributed by atoms with E-state index in [4.69, 9.17) is 11.6 Å². The van der Waals surface area contributed by atoms with Gasteiger partial charge >= 0.3 is 0 Å². The van der Waals surface area contributed by atoms with Crippen LogP contribution in [-0.4, -0.2) is 28.8 Å². The maximum atomic E-state index is 12.9. The number of aromatic nitrogens is 2. The summed E-state index contributed by atoms with van der Waals surface area (Å²) in [7, 11) is 0. The molecule has 0 radical (unpaired) electrons. The molecule has 0 saturated carbocycles. The Morgan fingerprint density at radius 3 is 2.73 bits per heavy atom. The van der Waals surface area contributed by atoms with Crippen LogP contribution in [0.2, 0.25) is 5.02 Å². The normalized spacial score (nSPS) is 16.6. The molecule has 1 fully saturated rings. The SMILES string of the molecule is Cl.O=C(Nc1cccc(Cl)c1)C1(n2cccn2)CCNCC1. The largest absolute Gasteiger partial charge is 0.324 e. The van der Waals surface area contributed by atoms with E-state index in [9.17, 15) is 4.79 Å². The Kier molecular flexibility index (Phi) is 5.45. The van der Waals surface area contributed by atoms with E-state index in [1.807, 2.05) is 24.4 Å². The number of hydrogen-bond donors (Lipinski definition) is 2. The Labute approximate surface area is 140 Å². The average molecular weight is 341 g/mol. The number of nitrogens with one attached hydrogen (secondary N) is 2. The number of amides is 1. The van der Waals surface area contributed by atoms with E-state index in [1.165, 1.54) is 0 Å². The second kappa shape index (κ2) is 7.13. The predicted octanol–water partition coefficient (Wildman–Crippen LogP) is 2.68. The molecule has 0 spiro atoms. The van der Waals surface area contributed by atoms with Gasteiger partial charge in [-0.05, 0) is 50.2 Å². The van der Waals surface area contributed by atoms with E-state index in [0.29, 0.717) is 23.6 Å². The van der Waals surface area contributed by atoms with Crippen molar-refractivity contribution in [3.63, 3.8) is 0 Å². The van der Waals surface area contributed by atoms with Crippen LogP contribution >= 0.6 is 24.0 Å². The van der Waals surface area contributed by atoms with Crippen LogP contribution in [0.1, 0.15) is 12.8 Å². The number of carbonyl (C=O) groups excluding carboxylic acids is 1. The number of halogens is 2. The summed E-state index contributed by atoms with van der Waals surface area (Å²) in [5, 5.41) is 11.2. The summed E-state index contributed by atoms with van der Waals surface area (Å²) in [5.41, 5.74) is 0.0643. The molecule has 2 heterocycles. The lowest BCUT2D eigenvalue weighted by Crippen LogP contribution is -2.52. The third kappa shape index (κ3) is 3.27. The number of rotatable bonds is 3. The van der Waals surface area contributed by atoms with Crippen LogP contribution in [0.3, 0.4) is 0 Å². The smallest absolute Gasteiger partial charge is 0.252 e. The molecule has 2 N–H and O–H groups in total. The molecule has 1 aliphatic heterocycles. The van der Waals surface area contributed by atoms with Crippen molar-refractivity contribution >= 4 is 35.6 Å². The fourth-order valence-corrected chi connectivity index (χ4v) is 2.93. The van der Waals surface area contributed by atoms with E-state index in [0.717, 1.165) is 13.1 Å². The Balaban J connectivity index is 0.00000176. The topological polar surface area (TPSA) is 59.0 Å². The highest BCUT2D eigenvalue weighted by Crippen LogP contribution is 2.29. The van der Waals surface area contributed by atoms with Crippen molar-refractivity contribution in [2.24, 2.45) is 0 Å². The van der Waals surface area contributed by atoms with Crippen LogP contribution < -0.4 is 10.6 Å². The predicted molar refractivity (Wildman–Crippen MR) is 89.6 cm³/mol. The summed E-state index contributed by atoms with van der Waals surface area (Å²) < 4.78 is 1.77. The van der Waals surface area contributed by atoms with E-state index < -0.39 is 5.54 Å². The van der Waals surface area contributed by atoms with E-state index in [-0.39, 0.29) is 18.3 Å². The van der Waals surface area contributed by atoms with E-state index in [2.05, 4.69) is 15.7 Å². The van der Waals surface area contributed by atoms with Crippen LogP contribution in [-0.2, 0) is 10.3 Å². The van der Waals surface area contributed by atoms with Gasteiger partial charge < -0.3 is 10.6 Å². The summed E-state index contributed by atoms with van der Waals surface area (Å²) in [6.45, 7) is 1.59. The Morgan fingerprint density at radius 2 is 2.09 bits per heavy atom. The first-order chi connectivity index (χ1) is 10.2. The summed E-state index contributed by atoms with van der Waals surface area (Å²) >= 11 is 5.97. The van der Waals surface area contributed by atoms with Gasteiger partial charge in [-0.25, -0.2) is 0 Å². The van der Waals surface area contributed by atoms with E-state index in [1.54, 1.807) is 23.0 Å². The van der Waals surface area contributed by atoms with Gasteiger partial charge in [-0.15, -0.1) is 12.4 Å². The fraction of sp³-hybridized carbons (Fsp3) is 0.333. The maximum Gasteiger partial charge on any atom is 0.252 e. The van der Waals surface area contributed by atoms with Gasteiger partial charge in [-0.2, -0.15) is 5.10 Å². The Hall–Kier alpha value is -1.56. The van der Waals surface area contributed by atoms with Crippen molar-refractivity contribution in [3.05, 3.63) is 47.7 Å². The molecule has 1 aromatic heterocycles. The van der Waals surface area contributed by atoms with Gasteiger partial charge in [0, 0.05) is 23.1 Å². The molecule has 2 aromatic rings. The van der Waals surface area contributed by atoms with Gasteiger partial charge in [0.05, 0.1) is 0 Å². The molecule has 0 unspecified atom stereocenters. The van der Waals surface area contributed by atoms with Gasteiger partial charge in [0.15, 0.2) is 0 Å². The monoisotopic (exact) mass is 340 g/mol. The zero-order valence-electron chi connectivity index (χ0n) is 12.0. The molecular weight excluding hydrogens is 323 g/mol.